The number of aliphatic imine (C=N–C) groups is 1. The van der Waals surface area contributed by atoms with Gasteiger partial charge in [0.05, 0.1) is 23.8 Å². The van der Waals surface area contributed by atoms with E-state index in [1.54, 1.807) is 17.7 Å². The van der Waals surface area contributed by atoms with Crippen molar-refractivity contribution in [2.24, 2.45) is 12.0 Å². The summed E-state index contributed by atoms with van der Waals surface area (Å²) in [6.45, 7) is 2.32. The van der Waals surface area contributed by atoms with Crippen LogP contribution < -0.4 is 16.0 Å². The summed E-state index contributed by atoms with van der Waals surface area (Å²) in [4.78, 5) is 16.3. The monoisotopic (exact) mass is 563 g/mol. The van der Waals surface area contributed by atoms with Crippen molar-refractivity contribution in [3.63, 3.8) is 0 Å². The molecular weight excluding hydrogens is 545 g/mol. The third-order valence-corrected chi connectivity index (χ3v) is 4.53. The van der Waals surface area contributed by atoms with Crippen LogP contribution in [0.4, 0.5) is 18.9 Å². The standard InChI is InChI=1S/C17H18Cl2F3N5O.HI/c1-3-23-17(24-7-9-6-10(18)16(19)27(9)2)25-8-13(28)26-12-5-4-11(20)14(21)15(12)22;/h4-6H,3,7-8H2,1-2H3,(H,26,28)(H2,23,24,25);1H. The molecule has 0 atom stereocenters. The summed E-state index contributed by atoms with van der Waals surface area (Å²) in [6.07, 6.45) is 0. The quantitative estimate of drug-likeness (QED) is 0.215. The topological polar surface area (TPSA) is 70.5 Å². The maximum absolute atomic E-state index is 13.6. The number of anilines is 1. The summed E-state index contributed by atoms with van der Waals surface area (Å²) in [5.41, 5.74) is 0.293. The fraction of sp³-hybridized carbons (Fsp3) is 0.294. The Kier molecular flexibility index (Phi) is 10.1. The predicted molar refractivity (Wildman–Crippen MR) is 119 cm³/mol. The molecule has 0 aliphatic rings. The van der Waals surface area contributed by atoms with E-state index in [0.717, 1.165) is 17.8 Å². The zero-order chi connectivity index (χ0) is 20.8. The van der Waals surface area contributed by atoms with Crippen LogP contribution in [-0.2, 0) is 18.4 Å². The van der Waals surface area contributed by atoms with E-state index < -0.39 is 29.0 Å². The van der Waals surface area contributed by atoms with Gasteiger partial charge in [-0.05, 0) is 25.1 Å². The van der Waals surface area contributed by atoms with E-state index in [9.17, 15) is 18.0 Å². The third-order valence-electron chi connectivity index (χ3n) is 3.68. The van der Waals surface area contributed by atoms with E-state index in [1.807, 2.05) is 6.92 Å². The molecule has 0 bridgehead atoms. The Labute approximate surface area is 192 Å². The number of carbonyl (C=O) groups excluding carboxylic acids is 1. The summed E-state index contributed by atoms with van der Waals surface area (Å²) in [5, 5.41) is 8.65. The largest absolute Gasteiger partial charge is 0.357 e. The first kappa shape index (κ1) is 25.4. The molecule has 0 aliphatic carbocycles. The highest BCUT2D eigenvalue weighted by Crippen LogP contribution is 2.25. The van der Waals surface area contributed by atoms with E-state index in [0.29, 0.717) is 22.7 Å². The lowest BCUT2D eigenvalue weighted by Gasteiger charge is -2.12. The van der Waals surface area contributed by atoms with Crippen LogP contribution in [-0.4, -0.2) is 29.5 Å². The average molecular weight is 564 g/mol. The summed E-state index contributed by atoms with van der Waals surface area (Å²) in [6, 6.07) is 3.34. The van der Waals surface area contributed by atoms with Crippen molar-refractivity contribution in [3.05, 3.63) is 51.5 Å². The van der Waals surface area contributed by atoms with Crippen LogP contribution in [0.2, 0.25) is 10.2 Å². The average Bonchev–Trinajstić information content (AvgIpc) is 2.91. The molecule has 0 saturated heterocycles. The molecule has 0 unspecified atom stereocenters. The molecule has 0 radical (unpaired) electrons. The van der Waals surface area contributed by atoms with Crippen LogP contribution in [0, 0.1) is 17.5 Å². The molecule has 2 rings (SSSR count). The summed E-state index contributed by atoms with van der Waals surface area (Å²) >= 11 is 12.0. The van der Waals surface area contributed by atoms with Crippen LogP contribution >= 0.6 is 47.2 Å². The first-order chi connectivity index (χ1) is 13.2. The molecule has 12 heteroatoms. The lowest BCUT2D eigenvalue weighted by molar-refractivity contribution is -0.115. The van der Waals surface area contributed by atoms with Crippen LogP contribution in [0.25, 0.3) is 0 Å². The first-order valence-corrected chi connectivity index (χ1v) is 8.95. The lowest BCUT2D eigenvalue weighted by atomic mass is 10.2. The fourth-order valence-electron chi connectivity index (χ4n) is 2.22. The lowest BCUT2D eigenvalue weighted by Crippen LogP contribution is -2.41. The highest BCUT2D eigenvalue weighted by atomic mass is 127. The second-order valence-electron chi connectivity index (χ2n) is 5.65. The number of carbonyl (C=O) groups is 1. The second-order valence-corrected chi connectivity index (χ2v) is 6.42. The molecule has 1 aromatic carbocycles. The fourth-order valence-corrected chi connectivity index (χ4v) is 2.64. The number of rotatable bonds is 6. The predicted octanol–water partition coefficient (Wildman–Crippen LogP) is 4.06. The van der Waals surface area contributed by atoms with Crippen molar-refractivity contribution in [1.29, 1.82) is 0 Å². The van der Waals surface area contributed by atoms with Gasteiger partial charge in [-0.3, -0.25) is 4.79 Å². The zero-order valence-electron chi connectivity index (χ0n) is 15.5. The Hall–Kier alpha value is -1.66. The Morgan fingerprint density at radius 1 is 1.17 bits per heavy atom. The molecule has 0 spiro atoms. The second kappa shape index (κ2) is 11.5. The number of hydrogen-bond donors (Lipinski definition) is 3. The summed E-state index contributed by atoms with van der Waals surface area (Å²) in [5.74, 6) is -4.81. The maximum atomic E-state index is 13.6. The van der Waals surface area contributed by atoms with Crippen molar-refractivity contribution in [1.82, 2.24) is 15.2 Å². The van der Waals surface area contributed by atoms with E-state index in [4.69, 9.17) is 23.2 Å². The van der Waals surface area contributed by atoms with Gasteiger partial charge in [-0.1, -0.05) is 23.2 Å². The first-order valence-electron chi connectivity index (χ1n) is 8.19. The molecule has 29 heavy (non-hydrogen) atoms. The smallest absolute Gasteiger partial charge is 0.243 e. The Balaban J connectivity index is 0.00000420. The highest BCUT2D eigenvalue weighted by molar-refractivity contribution is 14.0. The maximum Gasteiger partial charge on any atom is 0.243 e. The highest BCUT2D eigenvalue weighted by Gasteiger charge is 2.15. The number of nitrogens with zero attached hydrogens (tertiary/aromatic N) is 2. The van der Waals surface area contributed by atoms with Gasteiger partial charge < -0.3 is 20.5 Å². The van der Waals surface area contributed by atoms with Gasteiger partial charge in [0, 0.05) is 19.3 Å². The number of hydrogen-bond acceptors (Lipinski definition) is 2. The van der Waals surface area contributed by atoms with Crippen molar-refractivity contribution < 1.29 is 18.0 Å². The molecule has 1 amide bonds. The number of amides is 1. The van der Waals surface area contributed by atoms with Crippen molar-refractivity contribution in [3.8, 4) is 0 Å². The van der Waals surface area contributed by atoms with Crippen molar-refractivity contribution in [2.75, 3.05) is 18.4 Å². The molecule has 1 aromatic heterocycles. The van der Waals surface area contributed by atoms with Crippen molar-refractivity contribution in [2.45, 2.75) is 13.5 Å². The van der Waals surface area contributed by atoms with Gasteiger partial charge in [0.25, 0.3) is 0 Å². The van der Waals surface area contributed by atoms with Gasteiger partial charge in [0.1, 0.15) is 5.15 Å². The molecule has 0 aliphatic heterocycles. The molecule has 0 saturated carbocycles. The van der Waals surface area contributed by atoms with Crippen LogP contribution in [0.5, 0.6) is 0 Å². The number of halogens is 6. The minimum absolute atomic E-state index is 0. The Morgan fingerprint density at radius 2 is 1.86 bits per heavy atom. The van der Waals surface area contributed by atoms with E-state index in [-0.39, 0.29) is 37.1 Å². The Bertz CT molecular complexity index is 908. The van der Waals surface area contributed by atoms with Gasteiger partial charge in [0.15, 0.2) is 23.4 Å². The minimum Gasteiger partial charge on any atom is -0.357 e. The van der Waals surface area contributed by atoms with E-state index in [1.165, 1.54) is 0 Å². The van der Waals surface area contributed by atoms with Gasteiger partial charge >= 0.3 is 0 Å². The van der Waals surface area contributed by atoms with Gasteiger partial charge in [-0.15, -0.1) is 24.0 Å². The summed E-state index contributed by atoms with van der Waals surface area (Å²) in [7, 11) is 1.74. The molecule has 6 nitrogen and oxygen atoms in total. The number of guanidine groups is 1. The minimum atomic E-state index is -1.65. The normalized spacial score (nSPS) is 11.1. The number of aromatic nitrogens is 1. The molecule has 1 heterocycles. The SMILES string of the molecule is CCNC(=NCc1cc(Cl)c(Cl)n1C)NCC(=O)Nc1ccc(F)c(F)c1F.I. The van der Waals surface area contributed by atoms with Crippen LogP contribution in [0.3, 0.4) is 0 Å². The third kappa shape index (κ3) is 6.68. The Morgan fingerprint density at radius 3 is 2.45 bits per heavy atom. The number of nitrogens with one attached hydrogen (secondary N) is 3. The molecular formula is C17H19Cl2F3IN5O. The van der Waals surface area contributed by atoms with Crippen LogP contribution in [0.1, 0.15) is 12.6 Å². The molecule has 0 fully saturated rings. The summed E-state index contributed by atoms with van der Waals surface area (Å²) < 4.78 is 41.4. The number of benzene rings is 1. The van der Waals surface area contributed by atoms with Crippen LogP contribution in [0.15, 0.2) is 23.2 Å². The molecule has 160 valence electrons. The van der Waals surface area contributed by atoms with E-state index >= 15 is 0 Å². The van der Waals surface area contributed by atoms with Gasteiger partial charge in [-0.25, -0.2) is 18.2 Å². The van der Waals surface area contributed by atoms with Gasteiger partial charge in [0.2, 0.25) is 5.91 Å². The van der Waals surface area contributed by atoms with Gasteiger partial charge in [-0.2, -0.15) is 0 Å². The molecule has 3 N–H and O–H groups in total. The van der Waals surface area contributed by atoms with E-state index in [2.05, 4.69) is 20.9 Å². The molecule has 2 aromatic rings. The van der Waals surface area contributed by atoms with Crippen molar-refractivity contribution >= 4 is 64.7 Å². The zero-order valence-corrected chi connectivity index (χ0v) is 19.3.